The van der Waals surface area contributed by atoms with E-state index in [9.17, 15) is 0 Å². The summed E-state index contributed by atoms with van der Waals surface area (Å²) in [5.74, 6) is 1.72. The van der Waals surface area contributed by atoms with Crippen molar-refractivity contribution in [2.75, 3.05) is 19.5 Å². The Morgan fingerprint density at radius 1 is 0.909 bits per heavy atom. The zero-order chi connectivity index (χ0) is 23.0. The van der Waals surface area contributed by atoms with Crippen molar-refractivity contribution < 1.29 is 9.47 Å². The summed E-state index contributed by atoms with van der Waals surface area (Å²) < 4.78 is 10.9. The van der Waals surface area contributed by atoms with Crippen LogP contribution < -0.4 is 20.5 Å². The molecule has 0 spiro atoms. The first-order chi connectivity index (χ1) is 16.2. The smallest absolute Gasteiger partial charge is 0.195 e. The maximum atomic E-state index is 6.17. The number of methoxy groups -OCH3 is 2. The van der Waals surface area contributed by atoms with Crippen molar-refractivity contribution >= 4 is 22.4 Å². The van der Waals surface area contributed by atoms with Gasteiger partial charge in [0.05, 0.1) is 37.9 Å². The zero-order valence-corrected chi connectivity index (χ0v) is 19.4. The predicted octanol–water partition coefficient (Wildman–Crippen LogP) is 5.27. The number of nitrogens with one attached hydrogen (secondary N) is 1. The maximum absolute atomic E-state index is 6.17. The topological polar surface area (TPSA) is 81.8 Å². The number of nitrogens with zero attached hydrogens (tertiary/aromatic N) is 2. The predicted molar refractivity (Wildman–Crippen MR) is 134 cm³/mol. The van der Waals surface area contributed by atoms with Crippen LogP contribution in [0.1, 0.15) is 28.3 Å². The molecule has 0 fully saturated rings. The number of guanidine groups is 1. The van der Waals surface area contributed by atoms with Crippen molar-refractivity contribution in [3.63, 3.8) is 0 Å². The minimum Gasteiger partial charge on any atom is -0.496 e. The molecular weight excluding hydrogens is 432 g/mol. The van der Waals surface area contributed by atoms with Crippen LogP contribution in [0.25, 0.3) is 0 Å². The van der Waals surface area contributed by atoms with Crippen molar-refractivity contribution in [1.29, 1.82) is 0 Å². The Labute approximate surface area is 197 Å². The molecule has 1 heterocycles. The Morgan fingerprint density at radius 3 is 2.03 bits per heavy atom. The van der Waals surface area contributed by atoms with Crippen molar-refractivity contribution in [3.05, 3.63) is 107 Å². The summed E-state index contributed by atoms with van der Waals surface area (Å²) in [6.45, 7) is 0.320. The highest BCUT2D eigenvalue weighted by atomic mass is 32.1. The second-order valence-corrected chi connectivity index (χ2v) is 8.16. The molecule has 6 nitrogen and oxygen atoms in total. The lowest BCUT2D eigenvalue weighted by Crippen LogP contribution is -2.22. The largest absolute Gasteiger partial charge is 0.496 e. The summed E-state index contributed by atoms with van der Waals surface area (Å²) in [5, 5.41) is 5.87. The van der Waals surface area contributed by atoms with Crippen LogP contribution in [0, 0.1) is 0 Å². The molecule has 0 saturated heterocycles. The van der Waals surface area contributed by atoms with Crippen LogP contribution >= 0.6 is 11.3 Å². The minimum absolute atomic E-state index is 0.0372. The molecule has 3 aromatic carbocycles. The number of hydrogen-bond donors (Lipinski definition) is 2. The molecule has 0 radical (unpaired) electrons. The normalized spacial score (nSPS) is 11.4. The number of aliphatic imine (C=N–C) groups is 1. The van der Waals surface area contributed by atoms with E-state index in [1.165, 1.54) is 22.5 Å². The van der Waals surface area contributed by atoms with E-state index in [1.54, 1.807) is 14.2 Å². The number of benzene rings is 3. The van der Waals surface area contributed by atoms with Gasteiger partial charge >= 0.3 is 0 Å². The fourth-order valence-electron chi connectivity index (χ4n) is 3.70. The molecule has 0 aliphatic rings. The van der Waals surface area contributed by atoms with Crippen molar-refractivity contribution in [3.8, 4) is 11.5 Å². The van der Waals surface area contributed by atoms with Crippen molar-refractivity contribution in [1.82, 2.24) is 4.98 Å². The Kier molecular flexibility index (Phi) is 7.22. The van der Waals surface area contributed by atoms with Gasteiger partial charge in [-0.05, 0) is 23.3 Å². The van der Waals surface area contributed by atoms with Crippen LogP contribution in [-0.2, 0) is 6.54 Å². The van der Waals surface area contributed by atoms with Gasteiger partial charge in [0.25, 0.3) is 0 Å². The molecule has 0 atom stereocenters. The number of aromatic nitrogens is 1. The summed E-state index contributed by atoms with van der Waals surface area (Å²) >= 11 is 1.50. The van der Waals surface area contributed by atoms with Gasteiger partial charge in [-0.3, -0.25) is 0 Å². The van der Waals surface area contributed by atoms with Crippen LogP contribution in [0.15, 0.2) is 89.2 Å². The van der Waals surface area contributed by atoms with Gasteiger partial charge in [-0.2, -0.15) is 0 Å². The highest BCUT2D eigenvalue weighted by molar-refractivity contribution is 7.14. The highest BCUT2D eigenvalue weighted by Gasteiger charge is 2.19. The minimum atomic E-state index is 0.0372. The average Bonchev–Trinajstić information content (AvgIpc) is 3.31. The molecule has 0 amide bonds. The summed E-state index contributed by atoms with van der Waals surface area (Å²) in [6.07, 6.45) is 0. The standard InChI is InChI=1S/C26H26N4O2S/c1-31-22-14-9-15-23(32-2)20(22)16-28-25(27)30-26-29-21(17-33-26)24(18-10-5-3-6-11-18)19-12-7-4-8-13-19/h3-15,17,24H,16H2,1-2H3,(H3,27,28,29,30). The molecule has 1 aromatic heterocycles. The van der Waals surface area contributed by atoms with Gasteiger partial charge in [-0.15, -0.1) is 11.3 Å². The summed E-state index contributed by atoms with van der Waals surface area (Å²) in [4.78, 5) is 9.29. The molecule has 4 rings (SSSR count). The van der Waals surface area contributed by atoms with E-state index >= 15 is 0 Å². The number of hydrogen-bond acceptors (Lipinski definition) is 5. The lowest BCUT2D eigenvalue weighted by atomic mass is 9.89. The van der Waals surface area contributed by atoms with Crippen LogP contribution in [-0.4, -0.2) is 25.2 Å². The number of ether oxygens (including phenoxy) is 2. The summed E-state index contributed by atoms with van der Waals surface area (Å²) in [6, 6.07) is 26.4. The van der Waals surface area contributed by atoms with E-state index in [0.29, 0.717) is 23.2 Å². The second kappa shape index (κ2) is 10.7. The number of nitrogens with two attached hydrogens (primary N) is 1. The van der Waals surface area contributed by atoms with Gasteiger partial charge in [0, 0.05) is 5.38 Å². The van der Waals surface area contributed by atoms with Crippen LogP contribution in [0.4, 0.5) is 5.13 Å². The van der Waals surface area contributed by atoms with Crippen LogP contribution in [0.2, 0.25) is 0 Å². The third kappa shape index (κ3) is 5.32. The second-order valence-electron chi connectivity index (χ2n) is 7.30. The van der Waals surface area contributed by atoms with Gasteiger partial charge in [0.15, 0.2) is 11.1 Å². The van der Waals surface area contributed by atoms with E-state index in [-0.39, 0.29) is 11.9 Å². The Morgan fingerprint density at radius 2 is 1.48 bits per heavy atom. The lowest BCUT2D eigenvalue weighted by molar-refractivity contribution is 0.385. The first-order valence-electron chi connectivity index (χ1n) is 10.5. The third-order valence-electron chi connectivity index (χ3n) is 5.26. The lowest BCUT2D eigenvalue weighted by Gasteiger charge is -2.16. The van der Waals surface area contributed by atoms with Crippen LogP contribution in [0.3, 0.4) is 0 Å². The van der Waals surface area contributed by atoms with Gasteiger partial charge in [-0.25, -0.2) is 9.98 Å². The average molecular weight is 459 g/mol. The Balaban J connectivity index is 1.54. The van der Waals surface area contributed by atoms with Crippen molar-refractivity contribution in [2.45, 2.75) is 12.5 Å². The molecule has 0 aliphatic heterocycles. The van der Waals surface area contributed by atoms with Crippen LogP contribution in [0.5, 0.6) is 11.5 Å². The molecule has 3 N–H and O–H groups in total. The van der Waals surface area contributed by atoms with E-state index in [0.717, 1.165) is 11.3 Å². The van der Waals surface area contributed by atoms with Gasteiger partial charge in [0.1, 0.15) is 11.5 Å². The Hall–Kier alpha value is -3.84. The van der Waals surface area contributed by atoms with E-state index in [1.807, 2.05) is 54.6 Å². The first kappa shape index (κ1) is 22.4. The molecule has 168 valence electrons. The van der Waals surface area contributed by atoms with Gasteiger partial charge < -0.3 is 20.5 Å². The summed E-state index contributed by atoms with van der Waals surface area (Å²) in [7, 11) is 3.24. The molecule has 7 heteroatoms. The molecule has 0 aliphatic carbocycles. The highest BCUT2D eigenvalue weighted by Crippen LogP contribution is 2.33. The molecule has 0 bridgehead atoms. The zero-order valence-electron chi connectivity index (χ0n) is 18.6. The van der Waals surface area contributed by atoms with E-state index < -0.39 is 0 Å². The molecule has 0 saturated carbocycles. The fourth-order valence-corrected chi connectivity index (χ4v) is 4.44. The maximum Gasteiger partial charge on any atom is 0.195 e. The number of rotatable bonds is 8. The fraction of sp³-hybridized carbons (Fsp3) is 0.154. The first-order valence-corrected chi connectivity index (χ1v) is 11.4. The van der Waals surface area contributed by atoms with E-state index in [4.69, 9.17) is 20.2 Å². The molecule has 0 unspecified atom stereocenters. The summed E-state index contributed by atoms with van der Waals surface area (Å²) in [5.41, 5.74) is 10.3. The quantitative estimate of drug-likeness (QED) is 0.278. The Bertz CT molecular complexity index is 1150. The van der Waals surface area contributed by atoms with E-state index in [2.05, 4.69) is 40.0 Å². The third-order valence-corrected chi connectivity index (χ3v) is 6.03. The molecule has 4 aromatic rings. The van der Waals surface area contributed by atoms with Gasteiger partial charge in [0.2, 0.25) is 0 Å². The molecular formula is C26H26N4O2S. The number of thiazole rings is 1. The SMILES string of the molecule is COc1cccc(OC)c1CN=C(N)Nc1nc(C(c2ccccc2)c2ccccc2)cs1. The number of anilines is 1. The van der Waals surface area contributed by atoms with Gasteiger partial charge in [-0.1, -0.05) is 66.7 Å². The monoisotopic (exact) mass is 458 g/mol. The molecule has 33 heavy (non-hydrogen) atoms. The van der Waals surface area contributed by atoms with Crippen molar-refractivity contribution in [2.24, 2.45) is 10.7 Å².